The second-order valence-corrected chi connectivity index (χ2v) is 4.32. The van der Waals surface area contributed by atoms with Crippen LogP contribution in [0, 0.1) is 0 Å². The monoisotopic (exact) mass is 200 g/mol. The molecule has 0 aromatic carbocycles. The van der Waals surface area contributed by atoms with Crippen LogP contribution in [0.4, 0.5) is 0 Å². The fraction of sp³-hybridized carbons (Fsp3) is 1.00. The van der Waals surface area contributed by atoms with E-state index in [9.17, 15) is 0 Å². The molecular formula is C12H28N2. The maximum Gasteiger partial charge on any atom is 0.00390 e. The summed E-state index contributed by atoms with van der Waals surface area (Å²) in [4.78, 5) is 2.53. The van der Waals surface area contributed by atoms with Crippen LogP contribution < -0.4 is 5.32 Å². The molecule has 0 saturated heterocycles. The summed E-state index contributed by atoms with van der Waals surface area (Å²) in [7, 11) is 0. The summed E-state index contributed by atoms with van der Waals surface area (Å²) < 4.78 is 0. The first kappa shape index (κ1) is 13.9. The van der Waals surface area contributed by atoms with E-state index in [0.717, 1.165) is 6.54 Å². The summed E-state index contributed by atoms with van der Waals surface area (Å²) >= 11 is 0. The predicted molar refractivity (Wildman–Crippen MR) is 64.8 cm³/mol. The van der Waals surface area contributed by atoms with Gasteiger partial charge in [-0.25, -0.2) is 0 Å². The molecule has 0 aliphatic rings. The van der Waals surface area contributed by atoms with Crippen LogP contribution in [0.5, 0.6) is 0 Å². The van der Waals surface area contributed by atoms with Gasteiger partial charge in [0.1, 0.15) is 0 Å². The van der Waals surface area contributed by atoms with Crippen molar-refractivity contribution < 1.29 is 0 Å². The zero-order valence-electron chi connectivity index (χ0n) is 10.6. The van der Waals surface area contributed by atoms with Crippen molar-refractivity contribution in [1.82, 2.24) is 10.2 Å². The van der Waals surface area contributed by atoms with E-state index in [0.29, 0.717) is 12.1 Å². The molecule has 0 rings (SSSR count). The molecule has 0 spiro atoms. The molecule has 2 nitrogen and oxygen atoms in total. The summed E-state index contributed by atoms with van der Waals surface area (Å²) in [5, 5.41) is 3.45. The molecule has 0 aliphatic carbocycles. The lowest BCUT2D eigenvalue weighted by Crippen LogP contribution is -2.33. The highest BCUT2D eigenvalue weighted by molar-refractivity contribution is 4.64. The van der Waals surface area contributed by atoms with Gasteiger partial charge in [-0.05, 0) is 53.2 Å². The summed E-state index contributed by atoms with van der Waals surface area (Å²) in [6.07, 6.45) is 2.59. The predicted octanol–water partition coefficient (Wildman–Crippen LogP) is 2.49. The Morgan fingerprint density at radius 2 is 1.79 bits per heavy atom. The third-order valence-electron chi connectivity index (χ3n) is 2.77. The summed E-state index contributed by atoms with van der Waals surface area (Å²) in [6, 6.07) is 1.36. The number of hydrogen-bond acceptors (Lipinski definition) is 2. The first-order valence-electron chi connectivity index (χ1n) is 6.09. The van der Waals surface area contributed by atoms with E-state index in [4.69, 9.17) is 0 Å². The average molecular weight is 200 g/mol. The van der Waals surface area contributed by atoms with Crippen molar-refractivity contribution in [1.29, 1.82) is 0 Å². The topological polar surface area (TPSA) is 15.3 Å². The van der Waals surface area contributed by atoms with Gasteiger partial charge in [0.25, 0.3) is 0 Å². The Hall–Kier alpha value is -0.0800. The molecule has 0 fully saturated rings. The molecule has 86 valence electrons. The van der Waals surface area contributed by atoms with Crippen LogP contribution in [0.15, 0.2) is 0 Å². The minimum atomic E-state index is 0.672. The fourth-order valence-corrected chi connectivity index (χ4v) is 1.83. The Labute approximate surface area is 90.1 Å². The van der Waals surface area contributed by atoms with Crippen molar-refractivity contribution >= 4 is 0 Å². The van der Waals surface area contributed by atoms with Gasteiger partial charge in [0, 0.05) is 12.1 Å². The van der Waals surface area contributed by atoms with E-state index < -0.39 is 0 Å². The van der Waals surface area contributed by atoms with E-state index in [2.05, 4.69) is 44.8 Å². The van der Waals surface area contributed by atoms with Gasteiger partial charge in [0.15, 0.2) is 0 Å². The highest BCUT2D eigenvalue weighted by atomic mass is 15.1. The highest BCUT2D eigenvalue weighted by Gasteiger charge is 2.07. The largest absolute Gasteiger partial charge is 0.315 e. The summed E-state index contributed by atoms with van der Waals surface area (Å²) in [5.74, 6) is 0. The van der Waals surface area contributed by atoms with Crippen molar-refractivity contribution in [3.05, 3.63) is 0 Å². The Bertz CT molecular complexity index is 123. The van der Waals surface area contributed by atoms with E-state index in [1.54, 1.807) is 0 Å². The van der Waals surface area contributed by atoms with E-state index >= 15 is 0 Å². The molecule has 1 N–H and O–H groups in total. The molecule has 1 atom stereocenters. The molecular weight excluding hydrogens is 172 g/mol. The van der Waals surface area contributed by atoms with Crippen LogP contribution in [0.3, 0.4) is 0 Å². The van der Waals surface area contributed by atoms with Crippen molar-refractivity contribution in [2.45, 2.75) is 59.5 Å². The minimum Gasteiger partial charge on any atom is -0.315 e. The second-order valence-electron chi connectivity index (χ2n) is 4.32. The summed E-state index contributed by atoms with van der Waals surface area (Å²) in [5.41, 5.74) is 0. The van der Waals surface area contributed by atoms with Crippen LogP contribution in [0.25, 0.3) is 0 Å². The van der Waals surface area contributed by atoms with Gasteiger partial charge in [0.05, 0.1) is 0 Å². The Morgan fingerprint density at radius 3 is 2.21 bits per heavy atom. The number of nitrogens with zero attached hydrogens (tertiary/aromatic N) is 1. The van der Waals surface area contributed by atoms with E-state index in [-0.39, 0.29) is 0 Å². The van der Waals surface area contributed by atoms with Crippen molar-refractivity contribution in [2.24, 2.45) is 0 Å². The molecule has 14 heavy (non-hydrogen) atoms. The molecule has 0 aromatic heterocycles. The molecule has 0 heterocycles. The van der Waals surface area contributed by atoms with Gasteiger partial charge >= 0.3 is 0 Å². The van der Waals surface area contributed by atoms with Crippen LogP contribution in [-0.4, -0.2) is 36.6 Å². The van der Waals surface area contributed by atoms with Gasteiger partial charge in [-0.1, -0.05) is 13.8 Å². The van der Waals surface area contributed by atoms with Crippen molar-refractivity contribution in [2.75, 3.05) is 19.6 Å². The SMILES string of the molecule is CCNC(C)CCCN(CC)C(C)C. The number of rotatable bonds is 8. The van der Waals surface area contributed by atoms with Gasteiger partial charge in [-0.15, -0.1) is 0 Å². The molecule has 0 saturated carbocycles. The number of nitrogens with one attached hydrogen (secondary N) is 1. The Balaban J connectivity index is 3.50. The minimum absolute atomic E-state index is 0.672. The molecule has 0 aliphatic heterocycles. The van der Waals surface area contributed by atoms with Gasteiger partial charge in [0.2, 0.25) is 0 Å². The lowest BCUT2D eigenvalue weighted by atomic mass is 10.1. The smallest absolute Gasteiger partial charge is 0.00390 e. The Kier molecular flexibility index (Phi) is 8.20. The zero-order chi connectivity index (χ0) is 11.0. The Morgan fingerprint density at radius 1 is 1.14 bits per heavy atom. The standard InChI is InChI=1S/C12H28N2/c1-6-13-12(5)9-8-10-14(7-2)11(3)4/h11-13H,6-10H2,1-5H3. The number of hydrogen-bond donors (Lipinski definition) is 1. The fourth-order valence-electron chi connectivity index (χ4n) is 1.83. The first-order chi connectivity index (χ1) is 6.61. The lowest BCUT2D eigenvalue weighted by Gasteiger charge is -2.25. The second kappa shape index (κ2) is 8.25. The molecule has 2 heteroatoms. The van der Waals surface area contributed by atoms with Gasteiger partial charge < -0.3 is 10.2 Å². The maximum absolute atomic E-state index is 3.45. The van der Waals surface area contributed by atoms with Crippen LogP contribution in [-0.2, 0) is 0 Å². The van der Waals surface area contributed by atoms with Crippen LogP contribution in [0.1, 0.15) is 47.5 Å². The molecule has 0 radical (unpaired) electrons. The zero-order valence-corrected chi connectivity index (χ0v) is 10.6. The summed E-state index contributed by atoms with van der Waals surface area (Å²) in [6.45, 7) is 14.7. The third-order valence-corrected chi connectivity index (χ3v) is 2.77. The van der Waals surface area contributed by atoms with E-state index in [1.807, 2.05) is 0 Å². The van der Waals surface area contributed by atoms with Gasteiger partial charge in [-0.2, -0.15) is 0 Å². The van der Waals surface area contributed by atoms with Crippen LogP contribution >= 0.6 is 0 Å². The molecule has 0 amide bonds. The normalized spacial score (nSPS) is 13.9. The van der Waals surface area contributed by atoms with Crippen molar-refractivity contribution in [3.63, 3.8) is 0 Å². The van der Waals surface area contributed by atoms with Crippen LogP contribution in [0.2, 0.25) is 0 Å². The molecule has 1 unspecified atom stereocenters. The highest BCUT2D eigenvalue weighted by Crippen LogP contribution is 2.03. The lowest BCUT2D eigenvalue weighted by molar-refractivity contribution is 0.226. The van der Waals surface area contributed by atoms with Gasteiger partial charge in [-0.3, -0.25) is 0 Å². The molecule has 0 aromatic rings. The van der Waals surface area contributed by atoms with E-state index in [1.165, 1.54) is 25.9 Å². The quantitative estimate of drug-likeness (QED) is 0.647. The average Bonchev–Trinajstić information content (AvgIpc) is 2.12. The first-order valence-corrected chi connectivity index (χ1v) is 6.09. The molecule has 0 bridgehead atoms. The van der Waals surface area contributed by atoms with Crippen molar-refractivity contribution in [3.8, 4) is 0 Å². The third kappa shape index (κ3) is 6.39. The maximum atomic E-state index is 3.45.